The first kappa shape index (κ1) is 16.5. The van der Waals surface area contributed by atoms with E-state index in [4.69, 9.17) is 26.1 Å². The molecule has 1 aliphatic rings. The first-order chi connectivity index (χ1) is 11.6. The molecular formula is C19H18ClNO3. The number of fused-ring (bicyclic) bond motifs is 1. The highest BCUT2D eigenvalue weighted by Crippen LogP contribution is 2.35. The molecule has 0 aromatic heterocycles. The Morgan fingerprint density at radius 3 is 2.75 bits per heavy atom. The second kappa shape index (κ2) is 7.05. The van der Waals surface area contributed by atoms with E-state index in [2.05, 4.69) is 0 Å². The molecule has 3 rings (SSSR count). The predicted molar refractivity (Wildman–Crippen MR) is 94.6 cm³/mol. The largest absolute Gasteiger partial charge is 0.485 e. The van der Waals surface area contributed by atoms with Gasteiger partial charge in [-0.15, -0.1) is 0 Å². The van der Waals surface area contributed by atoms with E-state index in [0.717, 1.165) is 22.5 Å². The lowest BCUT2D eigenvalue weighted by atomic mass is 10.00. The number of hydrogen-bond donors (Lipinski definition) is 0. The van der Waals surface area contributed by atoms with Gasteiger partial charge in [0, 0.05) is 5.02 Å². The van der Waals surface area contributed by atoms with Crippen molar-refractivity contribution in [3.05, 3.63) is 58.6 Å². The van der Waals surface area contributed by atoms with Crippen molar-refractivity contribution in [1.29, 1.82) is 0 Å². The number of rotatable bonds is 4. The molecule has 1 atom stereocenters. The number of carbonyl (C=O) groups excluding carboxylic acids is 1. The molecule has 0 bridgehead atoms. The van der Waals surface area contributed by atoms with Gasteiger partial charge in [0.2, 0.25) is 0 Å². The third-order valence-corrected chi connectivity index (χ3v) is 4.17. The number of aliphatic imine (C=N–C) groups is 1. The van der Waals surface area contributed by atoms with E-state index in [9.17, 15) is 4.79 Å². The van der Waals surface area contributed by atoms with Crippen LogP contribution in [-0.2, 0) is 9.53 Å². The lowest BCUT2D eigenvalue weighted by Crippen LogP contribution is -2.17. The van der Waals surface area contributed by atoms with Crippen LogP contribution in [0.3, 0.4) is 0 Å². The fraction of sp³-hybridized carbons (Fsp3) is 0.263. The van der Waals surface area contributed by atoms with E-state index < -0.39 is 0 Å². The fourth-order valence-corrected chi connectivity index (χ4v) is 2.66. The van der Waals surface area contributed by atoms with Crippen molar-refractivity contribution in [1.82, 2.24) is 0 Å². The summed E-state index contributed by atoms with van der Waals surface area (Å²) in [6.07, 6.45) is 0. The topological polar surface area (TPSA) is 47.9 Å². The molecule has 24 heavy (non-hydrogen) atoms. The van der Waals surface area contributed by atoms with E-state index >= 15 is 0 Å². The Balaban J connectivity index is 1.91. The number of halogens is 1. The monoisotopic (exact) mass is 343 g/mol. The number of esters is 1. The number of nitrogens with zero attached hydrogens (tertiary/aromatic N) is 1. The van der Waals surface area contributed by atoms with Gasteiger partial charge >= 0.3 is 5.97 Å². The Morgan fingerprint density at radius 2 is 2.04 bits per heavy atom. The summed E-state index contributed by atoms with van der Waals surface area (Å²) in [5.41, 5.74) is 3.38. The van der Waals surface area contributed by atoms with Crippen molar-refractivity contribution < 1.29 is 14.3 Å². The molecular weight excluding hydrogens is 326 g/mol. The molecule has 0 N–H and O–H groups in total. The highest BCUT2D eigenvalue weighted by atomic mass is 35.5. The van der Waals surface area contributed by atoms with Crippen LogP contribution in [0.2, 0.25) is 5.02 Å². The van der Waals surface area contributed by atoms with Crippen molar-refractivity contribution in [2.45, 2.75) is 19.8 Å². The summed E-state index contributed by atoms with van der Waals surface area (Å²) in [4.78, 5) is 16.6. The maximum atomic E-state index is 11.9. The van der Waals surface area contributed by atoms with Gasteiger partial charge in [-0.05, 0) is 49.2 Å². The molecule has 0 fully saturated rings. The molecule has 0 aliphatic carbocycles. The van der Waals surface area contributed by atoms with Gasteiger partial charge in [0.25, 0.3) is 0 Å². The van der Waals surface area contributed by atoms with Crippen LogP contribution >= 0.6 is 11.6 Å². The van der Waals surface area contributed by atoms with Crippen molar-refractivity contribution in [3.8, 4) is 5.75 Å². The van der Waals surface area contributed by atoms with Crippen LogP contribution < -0.4 is 4.74 Å². The molecule has 1 aliphatic heterocycles. The van der Waals surface area contributed by atoms with Crippen LogP contribution in [0.4, 0.5) is 5.69 Å². The summed E-state index contributed by atoms with van der Waals surface area (Å²) in [6.45, 7) is 4.40. The van der Waals surface area contributed by atoms with E-state index in [1.807, 2.05) is 49.4 Å². The van der Waals surface area contributed by atoms with Gasteiger partial charge in [-0.25, -0.2) is 4.99 Å². The normalized spacial score (nSPS) is 14.2. The maximum absolute atomic E-state index is 11.9. The number of hydrogen-bond acceptors (Lipinski definition) is 4. The Hall–Kier alpha value is -2.33. The van der Waals surface area contributed by atoms with Gasteiger partial charge in [-0.2, -0.15) is 0 Å². The first-order valence-electron chi connectivity index (χ1n) is 7.85. The van der Waals surface area contributed by atoms with Crippen LogP contribution in [-0.4, -0.2) is 24.9 Å². The lowest BCUT2D eigenvalue weighted by Gasteiger charge is -2.19. The maximum Gasteiger partial charge on any atom is 0.313 e. The van der Waals surface area contributed by atoms with E-state index in [1.54, 1.807) is 6.92 Å². The SMILES string of the molecule is CCOC(=O)[C@@H](C)c1ccc2c(c1)N=C(c1ccc(Cl)cc1)CO2. The zero-order chi connectivity index (χ0) is 17.1. The quantitative estimate of drug-likeness (QED) is 0.767. The predicted octanol–water partition coefficient (Wildman–Crippen LogP) is 4.52. The zero-order valence-electron chi connectivity index (χ0n) is 13.6. The Kier molecular flexibility index (Phi) is 4.86. The molecule has 2 aromatic carbocycles. The van der Waals surface area contributed by atoms with Gasteiger partial charge in [-0.3, -0.25) is 4.79 Å². The molecule has 5 heteroatoms. The molecule has 124 valence electrons. The van der Waals surface area contributed by atoms with Crippen molar-refractivity contribution >= 4 is 29.0 Å². The molecule has 0 spiro atoms. The molecule has 0 radical (unpaired) electrons. The van der Waals surface area contributed by atoms with Gasteiger partial charge in [0.15, 0.2) is 0 Å². The van der Waals surface area contributed by atoms with E-state index in [1.165, 1.54) is 0 Å². The standard InChI is InChI=1S/C19H18ClNO3/c1-3-23-19(22)12(2)14-6-9-18-16(10-14)21-17(11-24-18)13-4-7-15(20)8-5-13/h4-10,12H,3,11H2,1-2H3/t12-/m0/s1. The van der Waals surface area contributed by atoms with Gasteiger partial charge in [0.05, 0.1) is 18.2 Å². The van der Waals surface area contributed by atoms with Gasteiger partial charge in [-0.1, -0.05) is 29.8 Å². The lowest BCUT2D eigenvalue weighted by molar-refractivity contribution is -0.144. The van der Waals surface area contributed by atoms with Gasteiger partial charge in [0.1, 0.15) is 18.0 Å². The van der Waals surface area contributed by atoms with Crippen LogP contribution in [0.25, 0.3) is 0 Å². The van der Waals surface area contributed by atoms with Crippen LogP contribution in [0.5, 0.6) is 5.75 Å². The summed E-state index contributed by atoms with van der Waals surface area (Å²) in [6, 6.07) is 13.1. The van der Waals surface area contributed by atoms with E-state index in [-0.39, 0.29) is 11.9 Å². The molecule has 0 saturated heterocycles. The minimum absolute atomic E-state index is 0.240. The van der Waals surface area contributed by atoms with E-state index in [0.29, 0.717) is 24.0 Å². The van der Waals surface area contributed by atoms with Crippen LogP contribution in [0.15, 0.2) is 47.5 Å². The molecule has 0 amide bonds. The minimum Gasteiger partial charge on any atom is -0.485 e. The number of carbonyl (C=O) groups is 1. The van der Waals surface area contributed by atoms with Crippen molar-refractivity contribution in [2.75, 3.05) is 13.2 Å². The Morgan fingerprint density at radius 1 is 1.29 bits per heavy atom. The molecule has 2 aromatic rings. The first-order valence-corrected chi connectivity index (χ1v) is 8.23. The van der Waals surface area contributed by atoms with Crippen LogP contribution in [0.1, 0.15) is 30.9 Å². The Labute approximate surface area is 146 Å². The Bertz CT molecular complexity index is 784. The molecule has 1 heterocycles. The summed E-state index contributed by atoms with van der Waals surface area (Å²) >= 11 is 5.93. The number of benzene rings is 2. The zero-order valence-corrected chi connectivity index (χ0v) is 14.3. The molecule has 4 nitrogen and oxygen atoms in total. The second-order valence-electron chi connectivity index (χ2n) is 5.55. The van der Waals surface area contributed by atoms with Gasteiger partial charge < -0.3 is 9.47 Å². The summed E-state index contributed by atoms with van der Waals surface area (Å²) in [5.74, 6) is 0.134. The van der Waals surface area contributed by atoms with Crippen molar-refractivity contribution in [3.63, 3.8) is 0 Å². The average Bonchev–Trinajstić information content (AvgIpc) is 2.61. The molecule has 0 unspecified atom stereocenters. The minimum atomic E-state index is -0.341. The fourth-order valence-electron chi connectivity index (χ4n) is 2.53. The summed E-state index contributed by atoms with van der Waals surface area (Å²) in [7, 11) is 0. The third-order valence-electron chi connectivity index (χ3n) is 3.92. The third kappa shape index (κ3) is 3.44. The highest BCUT2D eigenvalue weighted by molar-refractivity contribution is 6.30. The number of ether oxygens (including phenoxy) is 2. The summed E-state index contributed by atoms with van der Waals surface area (Å²) in [5, 5.41) is 0.682. The average molecular weight is 344 g/mol. The molecule has 0 saturated carbocycles. The smallest absolute Gasteiger partial charge is 0.313 e. The van der Waals surface area contributed by atoms with Crippen LogP contribution in [0, 0.1) is 0 Å². The summed E-state index contributed by atoms with van der Waals surface area (Å²) < 4.78 is 10.9. The van der Waals surface area contributed by atoms with Crippen molar-refractivity contribution in [2.24, 2.45) is 4.99 Å². The second-order valence-corrected chi connectivity index (χ2v) is 5.99. The highest BCUT2D eigenvalue weighted by Gasteiger charge is 2.20.